The molecule has 1 atom stereocenters. The van der Waals surface area contributed by atoms with Crippen LogP contribution in [0.3, 0.4) is 0 Å². The van der Waals surface area contributed by atoms with Gasteiger partial charge in [-0.15, -0.1) is 0 Å². The number of anilines is 1. The highest BCUT2D eigenvalue weighted by molar-refractivity contribution is 9.10. The zero-order valence-electron chi connectivity index (χ0n) is 10.0. The number of halogens is 1. The number of carbonyl (C=O) groups is 2. The fourth-order valence-corrected chi connectivity index (χ4v) is 1.68. The standard InChI is InChI=1S/C11H13BrN2O5/c1-19-8-3-6(12)2-7(4-8)14-11(18)13-5-9(15)10(16)17/h2-4,9,15H,5H2,1H3,(H,16,17)(H2,13,14,18). The molecule has 104 valence electrons. The third-order valence-electron chi connectivity index (χ3n) is 2.11. The molecule has 0 aliphatic rings. The van der Waals surface area contributed by atoms with Crippen LogP contribution in [0, 0.1) is 0 Å². The van der Waals surface area contributed by atoms with Gasteiger partial charge in [0.2, 0.25) is 0 Å². The van der Waals surface area contributed by atoms with Crippen LogP contribution in [-0.4, -0.2) is 42.0 Å². The fourth-order valence-electron chi connectivity index (χ4n) is 1.20. The average molecular weight is 333 g/mol. The monoisotopic (exact) mass is 332 g/mol. The molecular weight excluding hydrogens is 320 g/mol. The summed E-state index contributed by atoms with van der Waals surface area (Å²) in [4.78, 5) is 21.8. The highest BCUT2D eigenvalue weighted by Crippen LogP contribution is 2.24. The number of aliphatic carboxylic acids is 1. The number of methoxy groups -OCH3 is 1. The summed E-state index contributed by atoms with van der Waals surface area (Å²) >= 11 is 3.26. The van der Waals surface area contributed by atoms with Gasteiger partial charge in [0.15, 0.2) is 6.10 Å². The molecule has 0 heterocycles. The van der Waals surface area contributed by atoms with E-state index in [0.717, 1.165) is 0 Å². The highest BCUT2D eigenvalue weighted by Gasteiger charge is 2.14. The Bertz CT molecular complexity index is 480. The number of carbonyl (C=O) groups excluding carboxylic acids is 1. The summed E-state index contributed by atoms with van der Waals surface area (Å²) < 4.78 is 5.74. The smallest absolute Gasteiger partial charge is 0.334 e. The van der Waals surface area contributed by atoms with Crippen LogP contribution in [0.5, 0.6) is 5.75 Å². The number of aliphatic hydroxyl groups is 1. The van der Waals surface area contributed by atoms with Crippen molar-refractivity contribution in [2.24, 2.45) is 0 Å². The zero-order chi connectivity index (χ0) is 14.4. The van der Waals surface area contributed by atoms with E-state index in [9.17, 15) is 9.59 Å². The van der Waals surface area contributed by atoms with Gasteiger partial charge in [0, 0.05) is 16.2 Å². The molecule has 2 amide bonds. The number of carboxylic acids is 1. The number of rotatable bonds is 5. The van der Waals surface area contributed by atoms with E-state index in [1.54, 1.807) is 18.2 Å². The van der Waals surface area contributed by atoms with E-state index in [4.69, 9.17) is 14.9 Å². The molecule has 1 unspecified atom stereocenters. The van der Waals surface area contributed by atoms with Gasteiger partial charge in [0.25, 0.3) is 0 Å². The Balaban J connectivity index is 2.57. The van der Waals surface area contributed by atoms with Crippen molar-refractivity contribution in [3.05, 3.63) is 22.7 Å². The van der Waals surface area contributed by atoms with Gasteiger partial charge in [0.1, 0.15) is 5.75 Å². The predicted molar refractivity (Wildman–Crippen MR) is 71.4 cm³/mol. The van der Waals surface area contributed by atoms with Crippen LogP contribution in [0.25, 0.3) is 0 Å². The van der Waals surface area contributed by atoms with Gasteiger partial charge in [-0.05, 0) is 12.1 Å². The summed E-state index contributed by atoms with van der Waals surface area (Å²) in [6.45, 7) is -0.383. The van der Waals surface area contributed by atoms with Gasteiger partial charge in [-0.25, -0.2) is 9.59 Å². The Labute approximate surface area is 117 Å². The number of benzene rings is 1. The Kier molecular flexibility index (Phi) is 5.58. The van der Waals surface area contributed by atoms with E-state index in [2.05, 4.69) is 26.6 Å². The van der Waals surface area contributed by atoms with Gasteiger partial charge in [-0.2, -0.15) is 0 Å². The van der Waals surface area contributed by atoms with Crippen molar-refractivity contribution < 1.29 is 24.5 Å². The molecule has 0 aromatic heterocycles. The van der Waals surface area contributed by atoms with E-state index in [0.29, 0.717) is 15.9 Å². The summed E-state index contributed by atoms with van der Waals surface area (Å²) in [6.07, 6.45) is -1.64. The van der Waals surface area contributed by atoms with Crippen molar-refractivity contribution in [1.29, 1.82) is 0 Å². The van der Waals surface area contributed by atoms with Crippen LogP contribution in [0.15, 0.2) is 22.7 Å². The number of nitrogens with one attached hydrogen (secondary N) is 2. The van der Waals surface area contributed by atoms with Crippen LogP contribution in [0.2, 0.25) is 0 Å². The van der Waals surface area contributed by atoms with Gasteiger partial charge >= 0.3 is 12.0 Å². The van der Waals surface area contributed by atoms with Crippen molar-refractivity contribution in [2.75, 3.05) is 19.0 Å². The van der Waals surface area contributed by atoms with Gasteiger partial charge < -0.3 is 25.6 Å². The summed E-state index contributed by atoms with van der Waals surface area (Å²) in [5.74, 6) is -0.848. The third-order valence-corrected chi connectivity index (χ3v) is 2.56. The fraction of sp³-hybridized carbons (Fsp3) is 0.273. The number of amides is 2. The number of carboxylic acid groups (broad SMARTS) is 1. The first-order valence-electron chi connectivity index (χ1n) is 5.22. The lowest BCUT2D eigenvalue weighted by atomic mass is 10.3. The molecule has 0 bridgehead atoms. The van der Waals surface area contributed by atoms with Gasteiger partial charge in [0.05, 0.1) is 13.7 Å². The quantitative estimate of drug-likeness (QED) is 0.644. The van der Waals surface area contributed by atoms with Crippen molar-refractivity contribution in [3.63, 3.8) is 0 Å². The number of hydrogen-bond acceptors (Lipinski definition) is 4. The Morgan fingerprint density at radius 2 is 2.11 bits per heavy atom. The van der Waals surface area contributed by atoms with Crippen LogP contribution in [0.4, 0.5) is 10.5 Å². The molecule has 8 heteroatoms. The van der Waals surface area contributed by atoms with Crippen molar-refractivity contribution in [2.45, 2.75) is 6.10 Å². The molecule has 0 saturated heterocycles. The molecule has 4 N–H and O–H groups in total. The SMILES string of the molecule is COc1cc(Br)cc(NC(=O)NCC(O)C(=O)O)c1. The molecular formula is C11H13BrN2O5. The minimum absolute atomic E-state index is 0.383. The second-order valence-corrected chi connectivity index (χ2v) is 4.48. The summed E-state index contributed by atoms with van der Waals surface area (Å²) in [6, 6.07) is 4.34. The van der Waals surface area contributed by atoms with E-state index in [-0.39, 0.29) is 6.54 Å². The minimum Gasteiger partial charge on any atom is -0.497 e. The van der Waals surface area contributed by atoms with E-state index in [1.165, 1.54) is 7.11 Å². The molecule has 19 heavy (non-hydrogen) atoms. The van der Waals surface area contributed by atoms with Crippen LogP contribution >= 0.6 is 15.9 Å². The molecule has 0 aliphatic heterocycles. The molecule has 0 aliphatic carbocycles. The lowest BCUT2D eigenvalue weighted by molar-refractivity contribution is -0.146. The molecule has 0 saturated carbocycles. The minimum atomic E-state index is -1.64. The Morgan fingerprint density at radius 3 is 2.68 bits per heavy atom. The molecule has 1 rings (SSSR count). The molecule has 0 fully saturated rings. The first-order chi connectivity index (χ1) is 8.92. The van der Waals surface area contributed by atoms with Crippen molar-refractivity contribution in [3.8, 4) is 5.75 Å². The summed E-state index contributed by atoms with van der Waals surface area (Å²) in [5.41, 5.74) is 0.466. The maximum Gasteiger partial charge on any atom is 0.334 e. The average Bonchev–Trinajstić information content (AvgIpc) is 2.34. The van der Waals surface area contributed by atoms with E-state index in [1.807, 2.05) is 0 Å². The largest absolute Gasteiger partial charge is 0.497 e. The normalized spacial score (nSPS) is 11.5. The molecule has 0 radical (unpaired) electrons. The molecule has 1 aromatic rings. The zero-order valence-corrected chi connectivity index (χ0v) is 11.6. The van der Waals surface area contributed by atoms with E-state index < -0.39 is 18.1 Å². The second kappa shape index (κ2) is 6.95. The van der Waals surface area contributed by atoms with Gasteiger partial charge in [-0.1, -0.05) is 15.9 Å². The number of aliphatic hydroxyl groups excluding tert-OH is 1. The topological polar surface area (TPSA) is 108 Å². The Hall–Kier alpha value is -1.80. The van der Waals surface area contributed by atoms with Crippen LogP contribution in [-0.2, 0) is 4.79 Å². The number of urea groups is 1. The third kappa shape index (κ3) is 5.14. The molecule has 0 spiro atoms. The van der Waals surface area contributed by atoms with Crippen molar-refractivity contribution in [1.82, 2.24) is 5.32 Å². The Morgan fingerprint density at radius 1 is 1.42 bits per heavy atom. The van der Waals surface area contributed by atoms with Crippen LogP contribution in [0.1, 0.15) is 0 Å². The van der Waals surface area contributed by atoms with Crippen molar-refractivity contribution >= 4 is 33.6 Å². The first-order valence-corrected chi connectivity index (χ1v) is 6.02. The second-order valence-electron chi connectivity index (χ2n) is 3.57. The number of hydrogen-bond donors (Lipinski definition) is 4. The van der Waals surface area contributed by atoms with E-state index >= 15 is 0 Å². The first kappa shape index (κ1) is 15.3. The number of ether oxygens (including phenoxy) is 1. The summed E-state index contributed by atoms with van der Waals surface area (Å²) in [5, 5.41) is 22.2. The summed E-state index contributed by atoms with van der Waals surface area (Å²) in [7, 11) is 1.49. The molecule has 7 nitrogen and oxygen atoms in total. The maximum absolute atomic E-state index is 11.5. The highest BCUT2D eigenvalue weighted by atomic mass is 79.9. The molecule has 1 aromatic carbocycles. The lowest BCUT2D eigenvalue weighted by Gasteiger charge is -2.10. The van der Waals surface area contributed by atoms with Crippen LogP contribution < -0.4 is 15.4 Å². The predicted octanol–water partition coefficient (Wildman–Crippen LogP) is 1.02. The lowest BCUT2D eigenvalue weighted by Crippen LogP contribution is -2.38. The van der Waals surface area contributed by atoms with Gasteiger partial charge in [-0.3, -0.25) is 0 Å². The maximum atomic E-state index is 11.5.